The molecule has 0 aliphatic carbocycles. The summed E-state index contributed by atoms with van der Waals surface area (Å²) in [4.78, 5) is 22.5. The molecular weight excluding hydrogens is 162 g/mol. The molecule has 0 saturated heterocycles. The van der Waals surface area contributed by atoms with Crippen LogP contribution >= 0.6 is 11.8 Å². The average Bonchev–Trinajstić information content (AvgIpc) is 2.30. The van der Waals surface area contributed by atoms with E-state index >= 15 is 0 Å². The number of fused-ring (bicyclic) bond motifs is 1. The quantitative estimate of drug-likeness (QED) is 0.555. The molecule has 3 nitrogen and oxygen atoms in total. The molecule has 2 rings (SSSR count). The second-order valence-corrected chi connectivity index (χ2v) is 3.12. The zero-order valence-corrected chi connectivity index (χ0v) is 6.30. The highest BCUT2D eigenvalue weighted by Crippen LogP contribution is 2.37. The van der Waals surface area contributed by atoms with Crippen molar-refractivity contribution in [1.29, 1.82) is 0 Å². The second kappa shape index (κ2) is 2.17. The highest BCUT2D eigenvalue weighted by Gasteiger charge is 2.38. The van der Waals surface area contributed by atoms with Crippen molar-refractivity contribution in [2.75, 3.05) is 0 Å². The number of amides is 1. The topological polar surface area (TPSA) is 37.1 Å². The highest BCUT2D eigenvalue weighted by molar-refractivity contribution is 8.13. The lowest BCUT2D eigenvalue weighted by molar-refractivity contribution is -0.342. The number of benzene rings is 1. The molecule has 0 bridgehead atoms. The molecule has 0 saturated carbocycles. The highest BCUT2D eigenvalue weighted by atomic mass is 32.2. The fraction of sp³-hybridized carbons (Fsp3) is 0. The maximum atomic E-state index is 10.9. The smallest absolute Gasteiger partial charge is 0.202 e. The zero-order chi connectivity index (χ0) is 7.84. The molecule has 1 amide bonds. The van der Waals surface area contributed by atoms with E-state index < -0.39 is 5.24 Å². The van der Waals surface area contributed by atoms with Crippen LogP contribution in [0.2, 0.25) is 0 Å². The molecule has 4 heteroatoms. The monoisotopic (exact) mass is 166 g/mol. The third kappa shape index (κ3) is 0.867. The Morgan fingerprint density at radius 3 is 2.73 bits per heavy atom. The number of nitrogens with zero attached hydrogens (tertiary/aromatic N) is 1. The van der Waals surface area contributed by atoms with Gasteiger partial charge in [0.05, 0.1) is 4.90 Å². The standard InChI is InChI=1S/C7H4NO2S/c9-7-8(10)5-3-1-2-4-6(5)11-7/h1-4H/q+1. The summed E-state index contributed by atoms with van der Waals surface area (Å²) in [6, 6.07) is 6.94. The maximum Gasteiger partial charge on any atom is 0.506 e. The molecule has 1 aliphatic rings. The Balaban J connectivity index is 2.64. The molecule has 1 aliphatic heterocycles. The Morgan fingerprint density at radius 2 is 2.00 bits per heavy atom. The Morgan fingerprint density at radius 1 is 1.27 bits per heavy atom. The fourth-order valence-electron chi connectivity index (χ4n) is 0.945. The van der Waals surface area contributed by atoms with E-state index in [1.165, 1.54) is 0 Å². The summed E-state index contributed by atoms with van der Waals surface area (Å²) >= 11 is 0.974. The van der Waals surface area contributed by atoms with Gasteiger partial charge in [-0.3, -0.25) is 0 Å². The molecule has 0 unspecified atom stereocenters. The summed E-state index contributed by atoms with van der Waals surface area (Å²) in [7, 11) is 0. The summed E-state index contributed by atoms with van der Waals surface area (Å²) in [6.07, 6.45) is 0. The molecule has 1 aromatic rings. The minimum Gasteiger partial charge on any atom is -0.202 e. The van der Waals surface area contributed by atoms with Crippen molar-refractivity contribution < 1.29 is 9.55 Å². The van der Waals surface area contributed by atoms with Gasteiger partial charge in [0.1, 0.15) is 4.76 Å². The predicted molar refractivity (Wildman–Crippen MR) is 41.0 cm³/mol. The first-order chi connectivity index (χ1) is 5.29. The van der Waals surface area contributed by atoms with Gasteiger partial charge in [-0.15, -0.1) is 0 Å². The van der Waals surface area contributed by atoms with Crippen LogP contribution in [0, 0.1) is 4.91 Å². The van der Waals surface area contributed by atoms with Crippen molar-refractivity contribution in [3.63, 3.8) is 0 Å². The van der Waals surface area contributed by atoms with Gasteiger partial charge < -0.3 is 0 Å². The zero-order valence-electron chi connectivity index (χ0n) is 5.48. The lowest BCUT2D eigenvalue weighted by Gasteiger charge is -1.81. The van der Waals surface area contributed by atoms with Crippen molar-refractivity contribution in [2.24, 2.45) is 0 Å². The van der Waals surface area contributed by atoms with Crippen LogP contribution in [-0.2, 0) is 0 Å². The van der Waals surface area contributed by atoms with Crippen LogP contribution in [0.4, 0.5) is 10.5 Å². The Kier molecular flexibility index (Phi) is 1.29. The number of hydrogen-bond donors (Lipinski definition) is 0. The van der Waals surface area contributed by atoms with E-state index in [1.807, 2.05) is 0 Å². The number of nitroso groups, excluding NO2 is 1. The van der Waals surface area contributed by atoms with Crippen LogP contribution in [0.15, 0.2) is 29.2 Å². The summed E-state index contributed by atoms with van der Waals surface area (Å²) in [5.74, 6) is 0. The second-order valence-electron chi connectivity index (χ2n) is 2.13. The van der Waals surface area contributed by atoms with Crippen molar-refractivity contribution in [2.45, 2.75) is 4.90 Å². The van der Waals surface area contributed by atoms with Crippen molar-refractivity contribution in [1.82, 2.24) is 0 Å². The van der Waals surface area contributed by atoms with Crippen LogP contribution in [0.5, 0.6) is 0 Å². The number of thioether (sulfide) groups is 1. The number of carbonyl (C=O) groups excluding carboxylic acids is 1. The number of para-hydroxylation sites is 1. The molecule has 0 spiro atoms. The van der Waals surface area contributed by atoms with Gasteiger partial charge in [-0.05, 0) is 6.07 Å². The molecule has 0 fully saturated rings. The average molecular weight is 166 g/mol. The van der Waals surface area contributed by atoms with Crippen LogP contribution in [0.25, 0.3) is 0 Å². The number of carbonyl (C=O) groups is 1. The maximum absolute atomic E-state index is 10.9. The summed E-state index contributed by atoms with van der Waals surface area (Å²) < 4.78 is 0.417. The Bertz CT molecular complexity index is 348. The van der Waals surface area contributed by atoms with E-state index in [9.17, 15) is 9.70 Å². The summed E-state index contributed by atoms with van der Waals surface area (Å²) in [5.41, 5.74) is 0.461. The van der Waals surface area contributed by atoms with Gasteiger partial charge in [-0.1, -0.05) is 12.1 Å². The normalized spacial score (nSPS) is 15.3. The Hall–Kier alpha value is -1.16. The molecule has 0 N–H and O–H groups in total. The first-order valence-corrected chi connectivity index (χ1v) is 3.89. The lowest BCUT2D eigenvalue weighted by atomic mass is 10.3. The van der Waals surface area contributed by atoms with Crippen molar-refractivity contribution >= 4 is 22.7 Å². The number of rotatable bonds is 0. The van der Waals surface area contributed by atoms with E-state index in [0.717, 1.165) is 16.7 Å². The van der Waals surface area contributed by atoms with Crippen molar-refractivity contribution in [3.05, 3.63) is 29.2 Å². The molecular formula is C7H4NO2S+. The minimum absolute atomic E-state index is 0.417. The van der Waals surface area contributed by atoms with E-state index in [4.69, 9.17) is 0 Å². The third-order valence-corrected chi connectivity index (χ3v) is 2.35. The lowest BCUT2D eigenvalue weighted by Crippen LogP contribution is -1.98. The molecule has 1 heterocycles. The molecule has 0 aromatic heterocycles. The number of hydrogen-bond acceptors (Lipinski definition) is 3. The van der Waals surface area contributed by atoms with Gasteiger partial charge in [0.25, 0.3) is 5.69 Å². The van der Waals surface area contributed by atoms with Gasteiger partial charge in [0, 0.05) is 22.7 Å². The van der Waals surface area contributed by atoms with Crippen LogP contribution < -0.4 is 0 Å². The largest absolute Gasteiger partial charge is 0.506 e. The first kappa shape index (κ1) is 6.54. The summed E-state index contributed by atoms with van der Waals surface area (Å²) in [6.45, 7) is 0. The van der Waals surface area contributed by atoms with E-state index in [1.54, 1.807) is 24.3 Å². The molecule has 54 valence electrons. The van der Waals surface area contributed by atoms with Gasteiger partial charge in [-0.2, -0.15) is 0 Å². The van der Waals surface area contributed by atoms with Gasteiger partial charge in [0.2, 0.25) is 0 Å². The third-order valence-electron chi connectivity index (χ3n) is 1.45. The van der Waals surface area contributed by atoms with Crippen LogP contribution in [0.1, 0.15) is 0 Å². The molecule has 0 atom stereocenters. The van der Waals surface area contributed by atoms with Gasteiger partial charge in [-0.25, -0.2) is 4.79 Å². The first-order valence-electron chi connectivity index (χ1n) is 3.07. The van der Waals surface area contributed by atoms with Gasteiger partial charge >= 0.3 is 5.24 Å². The fourth-order valence-corrected chi connectivity index (χ4v) is 1.72. The van der Waals surface area contributed by atoms with Crippen molar-refractivity contribution in [3.8, 4) is 0 Å². The SMILES string of the molecule is O=C1Sc2ccccc2[N+]1=O. The molecule has 11 heavy (non-hydrogen) atoms. The van der Waals surface area contributed by atoms with Gasteiger partial charge in [0.15, 0.2) is 0 Å². The van der Waals surface area contributed by atoms with Crippen LogP contribution in [0.3, 0.4) is 0 Å². The van der Waals surface area contributed by atoms with Crippen LogP contribution in [-0.4, -0.2) is 10.00 Å². The minimum atomic E-state index is -0.453. The van der Waals surface area contributed by atoms with E-state index in [2.05, 4.69) is 0 Å². The molecule has 0 radical (unpaired) electrons. The predicted octanol–water partition coefficient (Wildman–Crippen LogP) is 2.32. The van der Waals surface area contributed by atoms with E-state index in [-0.39, 0.29) is 0 Å². The summed E-state index contributed by atoms with van der Waals surface area (Å²) in [5, 5.41) is -0.453. The molecule has 1 aromatic carbocycles. The van der Waals surface area contributed by atoms with E-state index in [0.29, 0.717) is 10.4 Å². The Labute approximate surface area is 67.0 Å².